The van der Waals surface area contributed by atoms with E-state index in [1.807, 2.05) is 18.2 Å². The number of nitrogens with zero attached hydrogens (tertiary/aromatic N) is 2. The molecule has 0 spiro atoms. The van der Waals surface area contributed by atoms with Gasteiger partial charge in [0.15, 0.2) is 6.10 Å². The lowest BCUT2D eigenvalue weighted by Gasteiger charge is -2.30. The van der Waals surface area contributed by atoms with Crippen LogP contribution in [0.2, 0.25) is 0 Å². The van der Waals surface area contributed by atoms with Gasteiger partial charge < -0.3 is 14.6 Å². The minimum Gasteiger partial charge on any atom is -0.480 e. The molecule has 1 aromatic carbocycles. The Morgan fingerprint density at radius 3 is 3.00 bits per heavy atom. The zero-order chi connectivity index (χ0) is 14.2. The summed E-state index contributed by atoms with van der Waals surface area (Å²) in [7, 11) is 0. The number of para-hydroxylation sites is 1. The van der Waals surface area contributed by atoms with Crippen LogP contribution in [0.1, 0.15) is 30.7 Å². The number of benzene rings is 1. The molecule has 2 unspecified atom stereocenters. The first kappa shape index (κ1) is 13.2. The van der Waals surface area contributed by atoms with E-state index < -0.39 is 0 Å². The molecule has 1 fully saturated rings. The van der Waals surface area contributed by atoms with Crippen molar-refractivity contribution in [3.05, 3.63) is 36.0 Å². The second-order valence-corrected chi connectivity index (χ2v) is 6.62. The number of thioether (sulfide) groups is 1. The van der Waals surface area contributed by atoms with Gasteiger partial charge in [-0.25, -0.2) is 0 Å². The Kier molecular flexibility index (Phi) is 3.35. The molecular weight excluding hydrogens is 286 g/mol. The molecule has 0 saturated carbocycles. The molecular formula is C15H17N3O2S. The largest absolute Gasteiger partial charge is 0.480 e. The maximum absolute atomic E-state index is 5.99. The third-order valence-electron chi connectivity index (χ3n) is 4.16. The van der Waals surface area contributed by atoms with Crippen LogP contribution < -0.4 is 10.1 Å². The molecule has 2 atom stereocenters. The summed E-state index contributed by atoms with van der Waals surface area (Å²) in [6.45, 7) is 4.21. The van der Waals surface area contributed by atoms with Gasteiger partial charge in [0.25, 0.3) is 0 Å². The lowest BCUT2D eigenvalue weighted by Crippen LogP contribution is -2.44. The van der Waals surface area contributed by atoms with Crippen LogP contribution in [0.4, 0.5) is 0 Å². The van der Waals surface area contributed by atoms with E-state index >= 15 is 0 Å². The summed E-state index contributed by atoms with van der Waals surface area (Å²) in [5.74, 6) is 4.00. The SMILES string of the molecule is CC(c1nc(C2CSc3ccccc3O2)no1)C1CNC1. The van der Waals surface area contributed by atoms with Gasteiger partial charge in [0.05, 0.1) is 0 Å². The Bertz CT molecular complexity index is 641. The van der Waals surface area contributed by atoms with Crippen molar-refractivity contribution in [2.45, 2.75) is 23.8 Å². The van der Waals surface area contributed by atoms with Crippen LogP contribution in [0.25, 0.3) is 0 Å². The number of fused-ring (bicyclic) bond motifs is 1. The van der Waals surface area contributed by atoms with Gasteiger partial charge in [-0.2, -0.15) is 4.98 Å². The van der Waals surface area contributed by atoms with Crippen molar-refractivity contribution >= 4 is 11.8 Å². The van der Waals surface area contributed by atoms with E-state index in [1.54, 1.807) is 11.8 Å². The number of nitrogens with one attached hydrogen (secondary N) is 1. The van der Waals surface area contributed by atoms with Crippen LogP contribution >= 0.6 is 11.8 Å². The van der Waals surface area contributed by atoms with Crippen molar-refractivity contribution in [1.29, 1.82) is 0 Å². The van der Waals surface area contributed by atoms with Gasteiger partial charge in [-0.1, -0.05) is 24.2 Å². The summed E-state index contributed by atoms with van der Waals surface area (Å²) in [4.78, 5) is 5.74. The average molecular weight is 303 g/mol. The smallest absolute Gasteiger partial charge is 0.229 e. The van der Waals surface area contributed by atoms with Gasteiger partial charge in [-0.15, -0.1) is 11.8 Å². The van der Waals surface area contributed by atoms with E-state index in [-0.39, 0.29) is 6.10 Å². The highest BCUT2D eigenvalue weighted by molar-refractivity contribution is 7.99. The van der Waals surface area contributed by atoms with Gasteiger partial charge in [0.1, 0.15) is 5.75 Å². The Labute approximate surface area is 127 Å². The molecule has 0 aliphatic carbocycles. The van der Waals surface area contributed by atoms with Crippen molar-refractivity contribution in [1.82, 2.24) is 15.5 Å². The van der Waals surface area contributed by atoms with Gasteiger partial charge in [0.2, 0.25) is 11.7 Å². The summed E-state index contributed by atoms with van der Waals surface area (Å²) in [6, 6.07) is 8.06. The van der Waals surface area contributed by atoms with Crippen LogP contribution in [-0.2, 0) is 0 Å². The topological polar surface area (TPSA) is 60.2 Å². The van der Waals surface area contributed by atoms with Crippen molar-refractivity contribution in [2.75, 3.05) is 18.8 Å². The van der Waals surface area contributed by atoms with E-state index in [0.717, 1.165) is 30.5 Å². The first-order chi connectivity index (χ1) is 10.3. The molecule has 2 aliphatic rings. The molecule has 0 radical (unpaired) electrons. The standard InChI is InChI=1S/C15H17N3O2S/c1-9(10-6-16-7-10)15-17-14(18-20-15)12-8-21-13-5-3-2-4-11(13)19-12/h2-5,9-10,12,16H,6-8H2,1H3. The summed E-state index contributed by atoms with van der Waals surface area (Å²) in [5, 5.41) is 7.40. The molecule has 21 heavy (non-hydrogen) atoms. The van der Waals surface area contributed by atoms with Crippen LogP contribution in [0.3, 0.4) is 0 Å². The number of ether oxygens (including phenoxy) is 1. The van der Waals surface area contributed by atoms with Gasteiger partial charge in [-0.05, 0) is 31.1 Å². The summed E-state index contributed by atoms with van der Waals surface area (Å²) in [6.07, 6.45) is -0.130. The Balaban J connectivity index is 1.51. The first-order valence-corrected chi connectivity index (χ1v) is 8.22. The molecule has 1 aromatic heterocycles. The van der Waals surface area contributed by atoms with Crippen LogP contribution in [-0.4, -0.2) is 29.0 Å². The van der Waals surface area contributed by atoms with Crippen LogP contribution in [0.15, 0.2) is 33.7 Å². The predicted molar refractivity (Wildman–Crippen MR) is 79.6 cm³/mol. The number of hydrogen-bond donors (Lipinski definition) is 1. The molecule has 1 saturated heterocycles. The third-order valence-corrected chi connectivity index (χ3v) is 5.28. The number of aromatic nitrogens is 2. The average Bonchev–Trinajstić information content (AvgIpc) is 2.95. The maximum atomic E-state index is 5.99. The minimum atomic E-state index is -0.130. The van der Waals surface area contributed by atoms with Crippen LogP contribution in [0.5, 0.6) is 5.75 Å². The van der Waals surface area contributed by atoms with Crippen molar-refractivity contribution in [3.8, 4) is 5.75 Å². The molecule has 3 heterocycles. The quantitative estimate of drug-likeness (QED) is 0.940. The van der Waals surface area contributed by atoms with Gasteiger partial charge in [0, 0.05) is 16.6 Å². The Morgan fingerprint density at radius 2 is 2.19 bits per heavy atom. The molecule has 4 rings (SSSR count). The highest BCUT2D eigenvalue weighted by Crippen LogP contribution is 2.39. The Hall–Kier alpha value is -1.53. The fourth-order valence-corrected chi connectivity index (χ4v) is 3.56. The van der Waals surface area contributed by atoms with E-state index in [2.05, 4.69) is 28.4 Å². The summed E-state index contributed by atoms with van der Waals surface area (Å²) in [5.41, 5.74) is 0. The van der Waals surface area contributed by atoms with E-state index in [0.29, 0.717) is 17.7 Å². The molecule has 2 aromatic rings. The molecule has 0 amide bonds. The first-order valence-electron chi connectivity index (χ1n) is 7.24. The lowest BCUT2D eigenvalue weighted by atomic mass is 9.89. The summed E-state index contributed by atoms with van der Waals surface area (Å²) >= 11 is 1.77. The zero-order valence-electron chi connectivity index (χ0n) is 11.8. The molecule has 110 valence electrons. The second-order valence-electron chi connectivity index (χ2n) is 5.56. The molecule has 6 heteroatoms. The Morgan fingerprint density at radius 1 is 1.33 bits per heavy atom. The second kappa shape index (κ2) is 5.35. The number of rotatable bonds is 3. The van der Waals surface area contributed by atoms with E-state index in [1.165, 1.54) is 4.90 Å². The van der Waals surface area contributed by atoms with E-state index in [9.17, 15) is 0 Å². The van der Waals surface area contributed by atoms with Crippen molar-refractivity contribution < 1.29 is 9.26 Å². The fourth-order valence-electron chi connectivity index (χ4n) is 2.58. The lowest BCUT2D eigenvalue weighted by molar-refractivity contribution is 0.204. The fraction of sp³-hybridized carbons (Fsp3) is 0.467. The number of hydrogen-bond acceptors (Lipinski definition) is 6. The predicted octanol–water partition coefficient (Wildman–Crippen LogP) is 2.62. The zero-order valence-corrected chi connectivity index (χ0v) is 12.6. The minimum absolute atomic E-state index is 0.130. The van der Waals surface area contributed by atoms with E-state index in [4.69, 9.17) is 9.26 Å². The molecule has 2 aliphatic heterocycles. The third kappa shape index (κ3) is 2.42. The highest BCUT2D eigenvalue weighted by Gasteiger charge is 2.31. The van der Waals surface area contributed by atoms with Crippen molar-refractivity contribution in [3.63, 3.8) is 0 Å². The van der Waals surface area contributed by atoms with Crippen molar-refractivity contribution in [2.24, 2.45) is 5.92 Å². The normalized spacial score (nSPS) is 23.0. The van der Waals surface area contributed by atoms with Gasteiger partial charge in [-0.3, -0.25) is 0 Å². The monoisotopic (exact) mass is 303 g/mol. The summed E-state index contributed by atoms with van der Waals surface area (Å²) < 4.78 is 11.4. The molecule has 5 nitrogen and oxygen atoms in total. The molecule has 1 N–H and O–H groups in total. The maximum Gasteiger partial charge on any atom is 0.229 e. The van der Waals surface area contributed by atoms with Crippen LogP contribution in [0, 0.1) is 5.92 Å². The molecule has 0 bridgehead atoms. The highest BCUT2D eigenvalue weighted by atomic mass is 32.2. The van der Waals surface area contributed by atoms with Gasteiger partial charge >= 0.3 is 0 Å².